The van der Waals surface area contributed by atoms with Crippen molar-refractivity contribution in [2.75, 3.05) is 23.9 Å². The van der Waals surface area contributed by atoms with Crippen molar-refractivity contribution in [2.45, 2.75) is 91.3 Å². The molecule has 0 aliphatic carbocycles. The van der Waals surface area contributed by atoms with Crippen LogP contribution in [0.25, 0.3) is 10.8 Å². The van der Waals surface area contributed by atoms with Crippen LogP contribution in [0.1, 0.15) is 82.5 Å². The summed E-state index contributed by atoms with van der Waals surface area (Å²) in [5, 5.41) is 8.05. The SMILES string of the molecule is CCCCCCN(C(=O)C(CCSC)NC(=O)OC(C)(C)C)C(C(=O)Nc1ccc2ccccc2c1)c1cccc(C)c1C. The molecule has 0 saturated carbocycles. The van der Waals surface area contributed by atoms with Crippen LogP contribution in [0, 0.1) is 13.8 Å². The fourth-order valence-electron chi connectivity index (χ4n) is 5.22. The summed E-state index contributed by atoms with van der Waals surface area (Å²) in [6, 6.07) is 17.9. The molecule has 3 rings (SSSR count). The van der Waals surface area contributed by atoms with Gasteiger partial charge in [0, 0.05) is 12.2 Å². The molecule has 238 valence electrons. The molecule has 7 nitrogen and oxygen atoms in total. The van der Waals surface area contributed by atoms with Crippen molar-refractivity contribution in [3.05, 3.63) is 77.4 Å². The van der Waals surface area contributed by atoms with E-state index in [1.54, 1.807) is 37.4 Å². The number of anilines is 1. The molecule has 0 bridgehead atoms. The van der Waals surface area contributed by atoms with E-state index in [1.807, 2.05) is 80.8 Å². The van der Waals surface area contributed by atoms with E-state index in [-0.39, 0.29) is 11.8 Å². The summed E-state index contributed by atoms with van der Waals surface area (Å²) >= 11 is 1.60. The summed E-state index contributed by atoms with van der Waals surface area (Å²) in [6.07, 6.45) is 5.49. The van der Waals surface area contributed by atoms with E-state index in [0.717, 1.165) is 53.1 Å². The van der Waals surface area contributed by atoms with E-state index < -0.39 is 23.8 Å². The average Bonchev–Trinajstić information content (AvgIpc) is 2.97. The van der Waals surface area contributed by atoms with Crippen LogP contribution < -0.4 is 10.6 Å². The summed E-state index contributed by atoms with van der Waals surface area (Å²) in [6.45, 7) is 11.9. The van der Waals surface area contributed by atoms with Crippen LogP contribution in [-0.4, -0.2) is 53.0 Å². The predicted molar refractivity (Wildman–Crippen MR) is 183 cm³/mol. The Balaban J connectivity index is 2.06. The number of benzene rings is 3. The predicted octanol–water partition coefficient (Wildman–Crippen LogP) is 8.19. The summed E-state index contributed by atoms with van der Waals surface area (Å²) in [5.41, 5.74) is 2.72. The van der Waals surface area contributed by atoms with E-state index in [1.165, 1.54) is 0 Å². The van der Waals surface area contributed by atoms with Crippen molar-refractivity contribution in [1.29, 1.82) is 0 Å². The van der Waals surface area contributed by atoms with Gasteiger partial charge in [-0.3, -0.25) is 9.59 Å². The Morgan fingerprint density at radius 3 is 2.34 bits per heavy atom. The Morgan fingerprint density at radius 2 is 1.66 bits per heavy atom. The van der Waals surface area contributed by atoms with E-state index in [9.17, 15) is 14.4 Å². The molecule has 0 aromatic heterocycles. The average molecular weight is 620 g/mol. The van der Waals surface area contributed by atoms with E-state index in [4.69, 9.17) is 4.74 Å². The number of unbranched alkanes of at least 4 members (excludes halogenated alkanes) is 3. The summed E-state index contributed by atoms with van der Waals surface area (Å²) in [4.78, 5) is 43.5. The van der Waals surface area contributed by atoms with Gasteiger partial charge >= 0.3 is 6.09 Å². The molecule has 3 amide bonds. The lowest BCUT2D eigenvalue weighted by Gasteiger charge is -2.35. The van der Waals surface area contributed by atoms with Crippen molar-refractivity contribution < 1.29 is 19.1 Å². The highest BCUT2D eigenvalue weighted by Gasteiger charge is 2.37. The maximum Gasteiger partial charge on any atom is 0.408 e. The van der Waals surface area contributed by atoms with Crippen LogP contribution in [0.5, 0.6) is 0 Å². The second-order valence-corrected chi connectivity index (χ2v) is 13.3. The number of ether oxygens (including phenoxy) is 1. The normalized spacial score (nSPS) is 12.8. The zero-order valence-corrected chi connectivity index (χ0v) is 28.2. The van der Waals surface area contributed by atoms with Gasteiger partial charge < -0.3 is 20.3 Å². The lowest BCUT2D eigenvalue weighted by atomic mass is 9.94. The van der Waals surface area contributed by atoms with Crippen molar-refractivity contribution >= 4 is 46.1 Å². The lowest BCUT2D eigenvalue weighted by Crippen LogP contribution is -2.53. The Kier molecular flexibility index (Phi) is 13.1. The van der Waals surface area contributed by atoms with E-state index in [2.05, 4.69) is 17.6 Å². The molecule has 2 atom stereocenters. The Labute approximate surface area is 267 Å². The standard InChI is InChI=1S/C36H49N3O4S/c1-8-9-10-13-22-39(34(41)31(21-23-44-7)38-35(42)43-36(4,5)6)32(30-18-14-15-25(2)26(30)3)33(40)37-29-20-19-27-16-11-12-17-28(27)24-29/h11-12,14-20,24,31-32H,8-10,13,21-23H2,1-7H3,(H,37,40)(H,38,42). The monoisotopic (exact) mass is 619 g/mol. The number of hydrogen-bond donors (Lipinski definition) is 2. The number of carbonyl (C=O) groups excluding carboxylic acids is 3. The second kappa shape index (κ2) is 16.5. The number of rotatable bonds is 14. The first-order valence-electron chi connectivity index (χ1n) is 15.6. The maximum absolute atomic E-state index is 14.5. The topological polar surface area (TPSA) is 87.7 Å². The van der Waals surface area contributed by atoms with Crippen LogP contribution in [0.2, 0.25) is 0 Å². The number of nitrogens with zero attached hydrogens (tertiary/aromatic N) is 1. The first kappa shape index (κ1) is 35.0. The molecule has 0 radical (unpaired) electrons. The van der Waals surface area contributed by atoms with Gasteiger partial charge in [-0.2, -0.15) is 11.8 Å². The number of aryl methyl sites for hydroxylation is 1. The van der Waals surface area contributed by atoms with Crippen LogP contribution >= 0.6 is 11.8 Å². The van der Waals surface area contributed by atoms with E-state index in [0.29, 0.717) is 24.4 Å². The molecule has 0 spiro atoms. The van der Waals surface area contributed by atoms with Crippen molar-refractivity contribution in [3.8, 4) is 0 Å². The van der Waals surface area contributed by atoms with Gasteiger partial charge in [0.05, 0.1) is 0 Å². The van der Waals surface area contributed by atoms with Crippen LogP contribution in [0.3, 0.4) is 0 Å². The first-order chi connectivity index (χ1) is 20.9. The Hall–Kier alpha value is -3.52. The van der Waals surface area contributed by atoms with Gasteiger partial charge in [-0.15, -0.1) is 0 Å². The number of carbonyl (C=O) groups is 3. The molecule has 0 aliphatic heterocycles. The van der Waals surface area contributed by atoms with Crippen molar-refractivity contribution in [2.24, 2.45) is 0 Å². The summed E-state index contributed by atoms with van der Waals surface area (Å²) in [5.74, 6) is 0.0764. The number of amides is 3. The van der Waals surface area contributed by atoms with Crippen molar-refractivity contribution in [1.82, 2.24) is 10.2 Å². The lowest BCUT2D eigenvalue weighted by molar-refractivity contribution is -0.141. The van der Waals surface area contributed by atoms with Gasteiger partial charge in [0.25, 0.3) is 5.91 Å². The summed E-state index contributed by atoms with van der Waals surface area (Å²) < 4.78 is 5.53. The highest BCUT2D eigenvalue weighted by molar-refractivity contribution is 7.98. The van der Waals surface area contributed by atoms with Gasteiger partial charge in [0.15, 0.2) is 0 Å². The minimum Gasteiger partial charge on any atom is -0.444 e. The van der Waals surface area contributed by atoms with Gasteiger partial charge in [-0.1, -0.05) is 74.7 Å². The van der Waals surface area contributed by atoms with Crippen LogP contribution in [0.4, 0.5) is 10.5 Å². The van der Waals surface area contributed by atoms with Crippen LogP contribution in [0.15, 0.2) is 60.7 Å². The minimum atomic E-state index is -0.896. The maximum atomic E-state index is 14.5. The van der Waals surface area contributed by atoms with Gasteiger partial charge in [0.1, 0.15) is 17.7 Å². The zero-order chi connectivity index (χ0) is 32.3. The largest absolute Gasteiger partial charge is 0.444 e. The number of hydrogen-bond acceptors (Lipinski definition) is 5. The molecule has 3 aromatic rings. The highest BCUT2D eigenvalue weighted by atomic mass is 32.2. The molecule has 0 fully saturated rings. The quantitative estimate of drug-likeness (QED) is 0.178. The third kappa shape index (κ3) is 10.0. The van der Waals surface area contributed by atoms with E-state index >= 15 is 0 Å². The summed E-state index contributed by atoms with van der Waals surface area (Å²) in [7, 11) is 0. The number of alkyl carbamates (subject to hydrolysis) is 1. The van der Waals surface area contributed by atoms with Crippen molar-refractivity contribution in [3.63, 3.8) is 0 Å². The number of thioether (sulfide) groups is 1. The number of nitrogens with one attached hydrogen (secondary N) is 2. The van der Waals surface area contributed by atoms with Crippen LogP contribution in [-0.2, 0) is 14.3 Å². The van der Waals surface area contributed by atoms with Gasteiger partial charge in [0.2, 0.25) is 5.91 Å². The van der Waals surface area contributed by atoms with Gasteiger partial charge in [-0.25, -0.2) is 4.79 Å². The fraction of sp³-hybridized carbons (Fsp3) is 0.472. The molecule has 44 heavy (non-hydrogen) atoms. The molecule has 2 unspecified atom stereocenters. The molecule has 8 heteroatoms. The fourth-order valence-corrected chi connectivity index (χ4v) is 5.69. The van der Waals surface area contributed by atoms with Gasteiger partial charge in [-0.05, 0) is 99.1 Å². The molecule has 0 heterocycles. The number of fused-ring (bicyclic) bond motifs is 1. The highest BCUT2D eigenvalue weighted by Crippen LogP contribution is 2.30. The minimum absolute atomic E-state index is 0.291. The molecule has 2 N–H and O–H groups in total. The molecule has 3 aromatic carbocycles. The molecular formula is C36H49N3O4S. The molecular weight excluding hydrogens is 570 g/mol. The first-order valence-corrected chi connectivity index (χ1v) is 17.0. The zero-order valence-electron chi connectivity index (χ0n) is 27.4. The third-order valence-electron chi connectivity index (χ3n) is 7.65. The second-order valence-electron chi connectivity index (χ2n) is 12.3. The third-order valence-corrected chi connectivity index (χ3v) is 8.30. The molecule has 0 saturated heterocycles. The smallest absolute Gasteiger partial charge is 0.408 e. The Morgan fingerprint density at radius 1 is 0.932 bits per heavy atom. The molecule has 0 aliphatic rings. The Bertz CT molecular complexity index is 1420.